The minimum Gasteiger partial charge on any atom is -0.324 e. The molecule has 1 aliphatic heterocycles. The second-order valence-electron chi connectivity index (χ2n) is 8.38. The van der Waals surface area contributed by atoms with Crippen LogP contribution >= 0.6 is 0 Å². The van der Waals surface area contributed by atoms with Gasteiger partial charge in [0.25, 0.3) is 0 Å². The van der Waals surface area contributed by atoms with Gasteiger partial charge in [0.05, 0.1) is 17.8 Å². The van der Waals surface area contributed by atoms with E-state index in [1.165, 1.54) is 0 Å². The fourth-order valence-corrected chi connectivity index (χ4v) is 4.73. The van der Waals surface area contributed by atoms with Crippen LogP contribution < -0.4 is 0 Å². The van der Waals surface area contributed by atoms with Gasteiger partial charge in [-0.3, -0.25) is 14.8 Å². The van der Waals surface area contributed by atoms with Crippen LogP contribution in [0, 0.1) is 0 Å². The van der Waals surface area contributed by atoms with Crippen LogP contribution in [0.25, 0.3) is 5.57 Å². The third-order valence-electron chi connectivity index (χ3n) is 6.35. The number of hydroxylamine groups is 2. The molecule has 2 unspecified atom stereocenters. The highest BCUT2D eigenvalue weighted by Crippen LogP contribution is 2.49. The van der Waals surface area contributed by atoms with Crippen molar-refractivity contribution in [2.45, 2.75) is 45.2 Å². The first-order valence-corrected chi connectivity index (χ1v) is 11.8. The summed E-state index contributed by atoms with van der Waals surface area (Å²) in [7, 11) is 0. The number of hydrogen-bond donors (Lipinski definition) is 1. The predicted octanol–water partition coefficient (Wildman–Crippen LogP) is 6.15. The highest BCUT2D eigenvalue weighted by atomic mass is 16.5. The fraction of sp³-hybridized carbons (Fsp3) is 0.241. The Bertz CT molecular complexity index is 1160. The molecule has 2 atom stereocenters. The number of carbonyl (C=O) groups is 2. The Morgan fingerprint density at radius 3 is 1.88 bits per heavy atom. The van der Waals surface area contributed by atoms with E-state index in [-0.39, 0.29) is 24.3 Å². The summed E-state index contributed by atoms with van der Waals surface area (Å²) in [6, 6.07) is 28.6. The molecular formula is C29H30N2O3. The fourth-order valence-electron chi connectivity index (χ4n) is 4.73. The van der Waals surface area contributed by atoms with E-state index in [0.29, 0.717) is 18.5 Å². The molecule has 0 fully saturated rings. The summed E-state index contributed by atoms with van der Waals surface area (Å²) in [4.78, 5) is 28.2. The van der Waals surface area contributed by atoms with Crippen molar-refractivity contribution in [3.05, 3.63) is 113 Å². The van der Waals surface area contributed by atoms with Gasteiger partial charge in [-0.1, -0.05) is 105 Å². The van der Waals surface area contributed by atoms with E-state index in [4.69, 9.17) is 0 Å². The molecule has 3 aromatic carbocycles. The van der Waals surface area contributed by atoms with Gasteiger partial charge in [0, 0.05) is 24.8 Å². The molecule has 0 saturated heterocycles. The summed E-state index contributed by atoms with van der Waals surface area (Å²) in [5.41, 5.74) is 4.06. The Hall–Kier alpha value is -3.70. The van der Waals surface area contributed by atoms with E-state index in [9.17, 15) is 14.8 Å². The lowest BCUT2D eigenvalue weighted by atomic mass is 9.81. The molecule has 2 amide bonds. The molecular weight excluding hydrogens is 424 g/mol. The summed E-state index contributed by atoms with van der Waals surface area (Å²) >= 11 is 0. The molecule has 174 valence electrons. The second-order valence-corrected chi connectivity index (χ2v) is 8.38. The van der Waals surface area contributed by atoms with Crippen molar-refractivity contribution in [2.24, 2.45) is 0 Å². The zero-order valence-corrected chi connectivity index (χ0v) is 19.6. The molecule has 4 rings (SSSR count). The maximum Gasteiger partial charge on any atom is 0.250 e. The Morgan fingerprint density at radius 1 is 0.824 bits per heavy atom. The molecule has 0 aromatic heterocycles. The maximum absolute atomic E-state index is 13.5. The molecule has 0 spiro atoms. The average Bonchev–Trinajstić information content (AvgIpc) is 2.92. The zero-order chi connectivity index (χ0) is 24.1. The number of nitrogens with zero attached hydrogens (tertiary/aromatic N) is 2. The number of carbonyl (C=O) groups excluding carboxylic acids is 2. The van der Waals surface area contributed by atoms with Gasteiger partial charge in [-0.25, -0.2) is 0 Å². The first-order valence-electron chi connectivity index (χ1n) is 11.8. The lowest BCUT2D eigenvalue weighted by molar-refractivity contribution is -0.158. The number of amides is 2. The molecule has 5 nitrogen and oxygen atoms in total. The van der Waals surface area contributed by atoms with Crippen LogP contribution in [0.15, 0.2) is 96.7 Å². The van der Waals surface area contributed by atoms with Gasteiger partial charge in [0.1, 0.15) is 0 Å². The van der Waals surface area contributed by atoms with Gasteiger partial charge in [-0.05, 0) is 16.7 Å². The van der Waals surface area contributed by atoms with E-state index in [1.807, 2.05) is 103 Å². The van der Waals surface area contributed by atoms with Crippen molar-refractivity contribution >= 4 is 17.4 Å². The van der Waals surface area contributed by atoms with Crippen molar-refractivity contribution < 1.29 is 14.8 Å². The van der Waals surface area contributed by atoms with Crippen LogP contribution in [0.2, 0.25) is 0 Å². The van der Waals surface area contributed by atoms with Crippen LogP contribution in [-0.4, -0.2) is 27.0 Å². The topological polar surface area (TPSA) is 60.9 Å². The molecule has 1 N–H and O–H groups in total. The van der Waals surface area contributed by atoms with Gasteiger partial charge in [-0.15, -0.1) is 0 Å². The summed E-state index contributed by atoms with van der Waals surface area (Å²) < 4.78 is 0. The Morgan fingerprint density at radius 2 is 1.35 bits per heavy atom. The smallest absolute Gasteiger partial charge is 0.250 e. The van der Waals surface area contributed by atoms with Gasteiger partial charge in [-0.2, -0.15) is 5.06 Å². The number of benzene rings is 3. The Kier molecular flexibility index (Phi) is 7.24. The van der Waals surface area contributed by atoms with Crippen molar-refractivity contribution in [1.82, 2.24) is 9.96 Å². The molecule has 34 heavy (non-hydrogen) atoms. The third-order valence-corrected chi connectivity index (χ3v) is 6.35. The monoisotopic (exact) mass is 454 g/mol. The molecule has 0 radical (unpaired) electrons. The van der Waals surface area contributed by atoms with Crippen molar-refractivity contribution in [3.8, 4) is 0 Å². The van der Waals surface area contributed by atoms with Gasteiger partial charge < -0.3 is 4.90 Å². The minimum absolute atomic E-state index is 0.0153. The first-order chi connectivity index (χ1) is 16.6. The van der Waals surface area contributed by atoms with E-state index in [0.717, 1.165) is 27.3 Å². The molecule has 0 aliphatic carbocycles. The van der Waals surface area contributed by atoms with E-state index < -0.39 is 6.04 Å². The van der Waals surface area contributed by atoms with Crippen LogP contribution in [-0.2, 0) is 9.59 Å². The van der Waals surface area contributed by atoms with E-state index in [1.54, 1.807) is 6.92 Å². The summed E-state index contributed by atoms with van der Waals surface area (Å²) in [6.07, 6.45) is 0.845. The lowest BCUT2D eigenvalue weighted by Crippen LogP contribution is -2.44. The van der Waals surface area contributed by atoms with E-state index >= 15 is 0 Å². The minimum atomic E-state index is -0.468. The average molecular weight is 455 g/mol. The molecule has 0 saturated carbocycles. The molecule has 5 heteroatoms. The largest absolute Gasteiger partial charge is 0.324 e. The van der Waals surface area contributed by atoms with Crippen molar-refractivity contribution in [1.29, 1.82) is 0 Å². The zero-order valence-electron chi connectivity index (χ0n) is 19.6. The summed E-state index contributed by atoms with van der Waals surface area (Å²) in [5, 5.41) is 11.9. The molecule has 0 bridgehead atoms. The Balaban J connectivity index is 2.04. The molecule has 1 heterocycles. The predicted molar refractivity (Wildman–Crippen MR) is 132 cm³/mol. The summed E-state index contributed by atoms with van der Waals surface area (Å²) in [5.74, 6) is -0.362. The van der Waals surface area contributed by atoms with Crippen LogP contribution in [0.5, 0.6) is 0 Å². The maximum atomic E-state index is 13.5. The quantitative estimate of drug-likeness (QED) is 0.359. The van der Waals surface area contributed by atoms with Gasteiger partial charge in [0.15, 0.2) is 0 Å². The third kappa shape index (κ3) is 4.52. The van der Waals surface area contributed by atoms with E-state index in [2.05, 4.69) is 0 Å². The van der Waals surface area contributed by atoms with Crippen molar-refractivity contribution in [3.63, 3.8) is 0 Å². The normalized spacial score (nSPS) is 18.0. The number of rotatable bonds is 6. The standard InChI is InChI=1S/C29H30N2O3/c1-3-26(32)30-24(21-14-8-5-9-15-21)20-25(31(34)27(33)4-2)28(22-16-10-6-11-17-22)29(30)23-18-12-7-13-19-23/h5-19,24,29,34H,3-4,20H2,1-2H3. The van der Waals surface area contributed by atoms with Crippen LogP contribution in [0.3, 0.4) is 0 Å². The second kappa shape index (κ2) is 10.5. The Labute approximate surface area is 200 Å². The SMILES string of the molecule is CCC(=O)N(O)C1=C(c2ccccc2)C(c2ccccc2)N(C(=O)CC)C(c2ccccc2)C1. The number of hydrogen-bond acceptors (Lipinski definition) is 3. The van der Waals surface area contributed by atoms with Crippen LogP contribution in [0.4, 0.5) is 0 Å². The molecule has 1 aliphatic rings. The van der Waals surface area contributed by atoms with Crippen LogP contribution in [0.1, 0.15) is 61.9 Å². The lowest BCUT2D eigenvalue weighted by Gasteiger charge is -2.46. The highest BCUT2D eigenvalue weighted by molar-refractivity contribution is 5.86. The summed E-state index contributed by atoms with van der Waals surface area (Å²) in [6.45, 7) is 3.60. The molecule has 3 aromatic rings. The van der Waals surface area contributed by atoms with Gasteiger partial charge >= 0.3 is 0 Å². The van der Waals surface area contributed by atoms with Gasteiger partial charge in [0.2, 0.25) is 11.8 Å². The first kappa shape index (κ1) is 23.5. The van der Waals surface area contributed by atoms with Crippen molar-refractivity contribution in [2.75, 3.05) is 0 Å². The highest BCUT2D eigenvalue weighted by Gasteiger charge is 2.42.